The minimum Gasteiger partial charge on any atom is -0.466 e. The lowest BCUT2D eigenvalue weighted by molar-refractivity contribution is -0.275. The summed E-state index contributed by atoms with van der Waals surface area (Å²) in [5, 5.41) is 8.86. The molecule has 0 radical (unpaired) electrons. The molecule has 0 heterocycles. The van der Waals surface area contributed by atoms with E-state index in [0.29, 0.717) is 0 Å². The van der Waals surface area contributed by atoms with E-state index in [2.05, 4.69) is 14.2 Å². The average Bonchev–Trinajstić information content (AvgIpc) is 2.40. The van der Waals surface area contributed by atoms with Crippen LogP contribution in [0.5, 0.6) is 11.5 Å². The Hall–Kier alpha value is -2.57. The number of carbonyl (C=O) groups excluding carboxylic acids is 1. The normalized spacial score (nSPS) is 11.0. The van der Waals surface area contributed by atoms with E-state index in [4.69, 9.17) is 5.26 Å². The molecule has 10 heteroatoms. The first-order chi connectivity index (χ1) is 10.7. The number of nitrogens with zero attached hydrogens (tertiary/aromatic N) is 1. The summed E-state index contributed by atoms with van der Waals surface area (Å²) in [4.78, 5) is 11.5. The van der Waals surface area contributed by atoms with Crippen molar-refractivity contribution in [3.63, 3.8) is 0 Å². The molecule has 0 N–H and O–H groups in total. The molecule has 0 atom stereocenters. The monoisotopic (exact) mass is 339 g/mol. The standard InChI is InChI=1S/C13H10F5NO4/c1-2-21-10(20)5-8-9(23-13(16,17)18)4-3-7(6-19)11(8)22-12(14)15/h3-4,12H,2,5H2,1H3. The minimum atomic E-state index is -5.13. The van der Waals surface area contributed by atoms with Gasteiger partial charge in [-0.3, -0.25) is 4.79 Å². The van der Waals surface area contributed by atoms with Crippen LogP contribution in [-0.2, 0) is 16.0 Å². The molecule has 23 heavy (non-hydrogen) atoms. The fourth-order valence-corrected chi connectivity index (χ4v) is 1.67. The molecule has 1 rings (SSSR count). The van der Waals surface area contributed by atoms with Crippen LogP contribution in [0.2, 0.25) is 0 Å². The maximum Gasteiger partial charge on any atom is 0.573 e. The van der Waals surface area contributed by atoms with Crippen molar-refractivity contribution in [2.45, 2.75) is 26.3 Å². The Morgan fingerprint density at radius 1 is 1.35 bits per heavy atom. The molecule has 0 saturated heterocycles. The van der Waals surface area contributed by atoms with E-state index in [1.54, 1.807) is 0 Å². The molecule has 0 amide bonds. The van der Waals surface area contributed by atoms with Crippen molar-refractivity contribution >= 4 is 5.97 Å². The van der Waals surface area contributed by atoms with E-state index in [1.807, 2.05) is 0 Å². The van der Waals surface area contributed by atoms with Crippen LogP contribution >= 0.6 is 0 Å². The smallest absolute Gasteiger partial charge is 0.466 e. The van der Waals surface area contributed by atoms with Crippen molar-refractivity contribution in [1.29, 1.82) is 5.26 Å². The van der Waals surface area contributed by atoms with Crippen LogP contribution in [0.1, 0.15) is 18.1 Å². The van der Waals surface area contributed by atoms with Gasteiger partial charge in [-0.15, -0.1) is 13.2 Å². The second kappa shape index (κ2) is 7.62. The Morgan fingerprint density at radius 2 is 2.00 bits per heavy atom. The lowest BCUT2D eigenvalue weighted by Crippen LogP contribution is -2.20. The number of hydrogen-bond donors (Lipinski definition) is 0. The van der Waals surface area contributed by atoms with Gasteiger partial charge >= 0.3 is 18.9 Å². The van der Waals surface area contributed by atoms with Gasteiger partial charge in [0.1, 0.15) is 11.8 Å². The maximum atomic E-state index is 12.5. The molecule has 126 valence electrons. The van der Waals surface area contributed by atoms with Crippen molar-refractivity contribution in [2.24, 2.45) is 0 Å². The summed E-state index contributed by atoms with van der Waals surface area (Å²) in [7, 11) is 0. The van der Waals surface area contributed by atoms with Gasteiger partial charge in [0, 0.05) is 5.56 Å². The summed E-state index contributed by atoms with van der Waals surface area (Å²) in [6.45, 7) is -2.03. The fourth-order valence-electron chi connectivity index (χ4n) is 1.67. The molecule has 0 aliphatic rings. The first-order valence-corrected chi connectivity index (χ1v) is 6.10. The summed E-state index contributed by atoms with van der Waals surface area (Å²) in [5.41, 5.74) is -1.13. The van der Waals surface area contributed by atoms with Gasteiger partial charge in [0.2, 0.25) is 0 Å². The van der Waals surface area contributed by atoms with Crippen LogP contribution in [-0.4, -0.2) is 25.6 Å². The predicted molar refractivity (Wildman–Crippen MR) is 64.8 cm³/mol. The summed E-state index contributed by atoms with van der Waals surface area (Å²) >= 11 is 0. The highest BCUT2D eigenvalue weighted by molar-refractivity contribution is 5.76. The summed E-state index contributed by atoms with van der Waals surface area (Å²) < 4.78 is 74.4. The van der Waals surface area contributed by atoms with Gasteiger partial charge in [0.25, 0.3) is 0 Å². The number of alkyl halides is 5. The maximum absolute atomic E-state index is 12.5. The third kappa shape index (κ3) is 5.61. The van der Waals surface area contributed by atoms with Gasteiger partial charge in [0.05, 0.1) is 18.6 Å². The summed E-state index contributed by atoms with van der Waals surface area (Å²) in [6, 6.07) is 3.04. The molecule has 0 saturated carbocycles. The first kappa shape index (κ1) is 18.5. The van der Waals surface area contributed by atoms with Crippen LogP contribution in [0.4, 0.5) is 22.0 Å². The molecule has 0 unspecified atom stereocenters. The zero-order chi connectivity index (χ0) is 17.6. The molecule has 0 aliphatic heterocycles. The zero-order valence-electron chi connectivity index (χ0n) is 11.6. The second-order valence-corrected chi connectivity index (χ2v) is 3.94. The summed E-state index contributed by atoms with van der Waals surface area (Å²) in [6.07, 6.45) is -5.96. The number of rotatable bonds is 6. The second-order valence-electron chi connectivity index (χ2n) is 3.94. The molecule has 0 aromatic heterocycles. The summed E-state index contributed by atoms with van der Waals surface area (Å²) in [5.74, 6) is -2.79. The van der Waals surface area contributed by atoms with Crippen LogP contribution < -0.4 is 9.47 Å². The Bertz CT molecular complexity index is 610. The van der Waals surface area contributed by atoms with E-state index >= 15 is 0 Å². The quantitative estimate of drug-likeness (QED) is 0.588. The number of esters is 1. The van der Waals surface area contributed by atoms with Gasteiger partial charge in [-0.25, -0.2) is 0 Å². The van der Waals surface area contributed by atoms with Gasteiger partial charge in [-0.05, 0) is 19.1 Å². The molecule has 0 bridgehead atoms. The molecule has 0 fully saturated rings. The molecular weight excluding hydrogens is 329 g/mol. The van der Waals surface area contributed by atoms with Crippen LogP contribution in [0.15, 0.2) is 12.1 Å². The zero-order valence-corrected chi connectivity index (χ0v) is 11.6. The number of hydrogen-bond acceptors (Lipinski definition) is 5. The Kier molecular flexibility index (Phi) is 6.12. The van der Waals surface area contributed by atoms with Gasteiger partial charge in [0.15, 0.2) is 5.75 Å². The van der Waals surface area contributed by atoms with Crippen molar-refractivity contribution in [2.75, 3.05) is 6.61 Å². The molecule has 5 nitrogen and oxygen atoms in total. The number of halogens is 5. The van der Waals surface area contributed by atoms with E-state index in [0.717, 1.165) is 12.1 Å². The number of nitriles is 1. The molecule has 1 aromatic rings. The van der Waals surface area contributed by atoms with Crippen molar-refractivity contribution in [3.8, 4) is 17.6 Å². The largest absolute Gasteiger partial charge is 0.573 e. The molecular formula is C13H10F5NO4. The fraction of sp³-hybridized carbons (Fsp3) is 0.385. The number of benzene rings is 1. The highest BCUT2D eigenvalue weighted by Gasteiger charge is 2.34. The molecule has 1 aromatic carbocycles. The number of carbonyl (C=O) groups is 1. The first-order valence-electron chi connectivity index (χ1n) is 6.10. The van der Waals surface area contributed by atoms with Crippen molar-refractivity contribution < 1.29 is 41.0 Å². The van der Waals surface area contributed by atoms with Gasteiger partial charge in [-0.2, -0.15) is 14.0 Å². The molecule has 0 spiro atoms. The molecule has 0 aliphatic carbocycles. The van der Waals surface area contributed by atoms with E-state index in [1.165, 1.54) is 13.0 Å². The highest BCUT2D eigenvalue weighted by Crippen LogP contribution is 2.36. The average molecular weight is 339 g/mol. The number of ether oxygens (including phenoxy) is 3. The van der Waals surface area contributed by atoms with Gasteiger partial charge < -0.3 is 14.2 Å². The van der Waals surface area contributed by atoms with Crippen LogP contribution in [0, 0.1) is 11.3 Å². The third-order valence-corrected chi connectivity index (χ3v) is 2.40. The predicted octanol–water partition coefficient (Wildman–Crippen LogP) is 3.16. The van der Waals surface area contributed by atoms with Crippen molar-refractivity contribution in [3.05, 3.63) is 23.3 Å². The van der Waals surface area contributed by atoms with Crippen molar-refractivity contribution in [1.82, 2.24) is 0 Å². The van der Waals surface area contributed by atoms with E-state index in [9.17, 15) is 26.7 Å². The van der Waals surface area contributed by atoms with E-state index < -0.39 is 48.0 Å². The third-order valence-electron chi connectivity index (χ3n) is 2.40. The highest BCUT2D eigenvalue weighted by atomic mass is 19.4. The van der Waals surface area contributed by atoms with Crippen LogP contribution in [0.25, 0.3) is 0 Å². The SMILES string of the molecule is CCOC(=O)Cc1c(OC(F)(F)F)ccc(C#N)c1OC(F)F. The minimum absolute atomic E-state index is 0.0721. The Labute approximate surface area is 127 Å². The van der Waals surface area contributed by atoms with Crippen LogP contribution in [0.3, 0.4) is 0 Å². The van der Waals surface area contributed by atoms with Gasteiger partial charge in [-0.1, -0.05) is 0 Å². The lowest BCUT2D eigenvalue weighted by Gasteiger charge is -2.17. The Balaban J connectivity index is 3.39. The van der Waals surface area contributed by atoms with E-state index in [-0.39, 0.29) is 6.61 Å². The Morgan fingerprint density at radius 3 is 2.48 bits per heavy atom. The topological polar surface area (TPSA) is 68.5 Å². The lowest BCUT2D eigenvalue weighted by atomic mass is 10.1.